The fourth-order valence-corrected chi connectivity index (χ4v) is 3.97. The zero-order chi connectivity index (χ0) is 15.8. The van der Waals surface area contributed by atoms with Crippen LogP contribution < -0.4 is 4.72 Å². The van der Waals surface area contributed by atoms with Crippen LogP contribution in [0, 0.1) is 13.8 Å². The molecule has 0 aliphatic carbocycles. The highest BCUT2D eigenvalue weighted by molar-refractivity contribution is 9.10. The van der Waals surface area contributed by atoms with Gasteiger partial charge in [-0.15, -0.1) is 0 Å². The number of nitrogens with zero attached hydrogens (tertiary/aromatic N) is 2. The zero-order valence-corrected chi connectivity index (χ0v) is 14.2. The summed E-state index contributed by atoms with van der Waals surface area (Å²) < 4.78 is 33.9. The summed E-state index contributed by atoms with van der Waals surface area (Å²) in [5.41, 5.74) is 2.51. The highest BCUT2D eigenvalue weighted by Gasteiger charge is 2.23. The molecule has 0 radical (unpaired) electrons. The summed E-state index contributed by atoms with van der Waals surface area (Å²) >= 11 is 3.04. The van der Waals surface area contributed by atoms with Crippen molar-refractivity contribution in [3.8, 4) is 0 Å². The minimum atomic E-state index is -3.74. The first-order chi connectivity index (χ1) is 9.76. The fraction of sp³-hybridized carbons (Fsp3) is 0.417. The number of aryl methyl sites for hydroxylation is 2. The lowest BCUT2D eigenvalue weighted by molar-refractivity contribution is 0.245. The Labute approximate surface area is 131 Å². The number of furan rings is 1. The molecule has 0 atom stereocenters. The maximum absolute atomic E-state index is 12.3. The molecule has 7 nitrogen and oxygen atoms in total. The largest absolute Gasteiger partial charge is 0.450 e. The zero-order valence-electron chi connectivity index (χ0n) is 11.8. The van der Waals surface area contributed by atoms with E-state index in [1.54, 1.807) is 11.7 Å². The van der Waals surface area contributed by atoms with Gasteiger partial charge in [0, 0.05) is 30.9 Å². The van der Waals surface area contributed by atoms with E-state index >= 15 is 0 Å². The van der Waals surface area contributed by atoms with Gasteiger partial charge in [0.05, 0.1) is 5.69 Å². The molecule has 0 fully saturated rings. The lowest BCUT2D eigenvalue weighted by Crippen LogP contribution is -2.23. The van der Waals surface area contributed by atoms with E-state index in [1.165, 1.54) is 6.07 Å². The SMILES string of the molecule is Cc1nn(C)c(C)c1CNS(=O)(=O)c1cc(CO)oc1Br. The molecule has 0 saturated heterocycles. The Hall–Kier alpha value is -1.16. The molecule has 2 heterocycles. The first-order valence-corrected chi connectivity index (χ1v) is 8.41. The van der Waals surface area contributed by atoms with Crippen LogP contribution in [0.4, 0.5) is 0 Å². The first-order valence-electron chi connectivity index (χ1n) is 6.14. The van der Waals surface area contributed by atoms with Gasteiger partial charge in [-0.2, -0.15) is 5.10 Å². The van der Waals surface area contributed by atoms with E-state index in [4.69, 9.17) is 9.52 Å². The molecule has 0 aliphatic rings. The maximum atomic E-state index is 12.3. The second-order valence-electron chi connectivity index (χ2n) is 4.61. The van der Waals surface area contributed by atoms with Crippen LogP contribution in [0.15, 0.2) is 20.0 Å². The van der Waals surface area contributed by atoms with Crippen LogP contribution >= 0.6 is 15.9 Å². The summed E-state index contributed by atoms with van der Waals surface area (Å²) in [6.45, 7) is 3.48. The molecule has 9 heteroatoms. The molecular weight excluding hydrogens is 362 g/mol. The summed E-state index contributed by atoms with van der Waals surface area (Å²) in [6, 6.07) is 1.29. The third kappa shape index (κ3) is 3.20. The summed E-state index contributed by atoms with van der Waals surface area (Å²) in [4.78, 5) is -0.0363. The number of aliphatic hydroxyl groups excluding tert-OH is 1. The molecule has 0 spiro atoms. The number of sulfonamides is 1. The van der Waals surface area contributed by atoms with Crippen molar-refractivity contribution in [3.63, 3.8) is 0 Å². The number of aromatic nitrogens is 2. The van der Waals surface area contributed by atoms with E-state index in [-0.39, 0.29) is 28.5 Å². The Morgan fingerprint density at radius 1 is 1.48 bits per heavy atom. The summed E-state index contributed by atoms with van der Waals surface area (Å²) in [5.74, 6) is 0.177. The number of aliphatic hydroxyl groups is 1. The van der Waals surface area contributed by atoms with Crippen molar-refractivity contribution in [2.75, 3.05) is 0 Å². The van der Waals surface area contributed by atoms with Gasteiger partial charge in [0.2, 0.25) is 10.0 Å². The number of rotatable bonds is 5. The molecule has 0 aliphatic heterocycles. The predicted molar refractivity (Wildman–Crippen MR) is 79.0 cm³/mol. The number of halogens is 1. The van der Waals surface area contributed by atoms with Crippen molar-refractivity contribution >= 4 is 26.0 Å². The monoisotopic (exact) mass is 377 g/mol. The van der Waals surface area contributed by atoms with E-state index in [2.05, 4.69) is 25.8 Å². The normalized spacial score (nSPS) is 12.0. The molecule has 0 saturated carbocycles. The fourth-order valence-electron chi connectivity index (χ4n) is 1.98. The highest BCUT2D eigenvalue weighted by atomic mass is 79.9. The van der Waals surface area contributed by atoms with Crippen LogP contribution in [0.3, 0.4) is 0 Å². The molecule has 0 aromatic carbocycles. The Morgan fingerprint density at radius 3 is 2.62 bits per heavy atom. The van der Waals surface area contributed by atoms with Crippen LogP contribution in [0.1, 0.15) is 22.7 Å². The minimum absolute atomic E-state index is 0.0363. The van der Waals surface area contributed by atoms with Crippen molar-refractivity contribution in [1.82, 2.24) is 14.5 Å². The molecule has 21 heavy (non-hydrogen) atoms. The van der Waals surface area contributed by atoms with Crippen LogP contribution in [-0.4, -0.2) is 23.3 Å². The average molecular weight is 378 g/mol. The Morgan fingerprint density at radius 2 is 2.14 bits per heavy atom. The van der Waals surface area contributed by atoms with E-state index in [0.717, 1.165) is 17.0 Å². The number of hydrogen-bond acceptors (Lipinski definition) is 5. The molecule has 2 N–H and O–H groups in total. The molecule has 0 amide bonds. The van der Waals surface area contributed by atoms with Gasteiger partial charge in [0.1, 0.15) is 17.3 Å². The molecule has 0 unspecified atom stereocenters. The van der Waals surface area contributed by atoms with Gasteiger partial charge in [-0.05, 0) is 29.8 Å². The standard InChI is InChI=1S/C12H16BrN3O4S/c1-7-10(8(2)16(3)15-7)5-14-21(18,19)11-4-9(6-17)20-12(11)13/h4,14,17H,5-6H2,1-3H3. The molecule has 0 bridgehead atoms. The van der Waals surface area contributed by atoms with Crippen molar-refractivity contribution in [3.05, 3.63) is 33.4 Å². The molecular formula is C12H16BrN3O4S. The molecule has 2 rings (SSSR count). The van der Waals surface area contributed by atoms with E-state index in [0.29, 0.717) is 0 Å². The topological polar surface area (TPSA) is 97.4 Å². The lowest BCUT2D eigenvalue weighted by Gasteiger charge is -2.05. The average Bonchev–Trinajstić information content (AvgIpc) is 2.90. The Bertz CT molecular complexity index is 764. The lowest BCUT2D eigenvalue weighted by atomic mass is 10.2. The van der Waals surface area contributed by atoms with E-state index in [9.17, 15) is 8.42 Å². The second kappa shape index (κ2) is 5.91. The quantitative estimate of drug-likeness (QED) is 0.819. The van der Waals surface area contributed by atoms with Gasteiger partial charge in [0.25, 0.3) is 0 Å². The number of nitrogens with one attached hydrogen (secondary N) is 1. The van der Waals surface area contributed by atoms with Gasteiger partial charge in [-0.25, -0.2) is 13.1 Å². The third-order valence-corrected chi connectivity index (χ3v) is 5.51. The highest BCUT2D eigenvalue weighted by Crippen LogP contribution is 2.26. The van der Waals surface area contributed by atoms with Crippen LogP contribution in [0.25, 0.3) is 0 Å². The summed E-state index contributed by atoms with van der Waals surface area (Å²) in [6.07, 6.45) is 0. The molecule has 2 aromatic heterocycles. The minimum Gasteiger partial charge on any atom is -0.450 e. The third-order valence-electron chi connectivity index (χ3n) is 3.25. The van der Waals surface area contributed by atoms with E-state index in [1.807, 2.05) is 13.8 Å². The van der Waals surface area contributed by atoms with Gasteiger partial charge in [-0.3, -0.25) is 4.68 Å². The van der Waals surface area contributed by atoms with Gasteiger partial charge in [0.15, 0.2) is 4.67 Å². The number of hydrogen-bond donors (Lipinski definition) is 2. The van der Waals surface area contributed by atoms with Crippen LogP contribution in [0.5, 0.6) is 0 Å². The van der Waals surface area contributed by atoms with Crippen molar-refractivity contribution in [2.45, 2.75) is 31.9 Å². The summed E-state index contributed by atoms with van der Waals surface area (Å²) in [5, 5.41) is 13.2. The Kier molecular flexibility index (Phi) is 4.57. The van der Waals surface area contributed by atoms with Crippen molar-refractivity contribution in [1.29, 1.82) is 0 Å². The smallest absolute Gasteiger partial charge is 0.245 e. The first kappa shape index (κ1) is 16.2. The molecule has 2 aromatic rings. The van der Waals surface area contributed by atoms with Crippen LogP contribution in [0.2, 0.25) is 0 Å². The summed E-state index contributed by atoms with van der Waals surface area (Å²) in [7, 11) is -1.94. The Balaban J connectivity index is 2.23. The van der Waals surface area contributed by atoms with Gasteiger partial charge in [-0.1, -0.05) is 0 Å². The van der Waals surface area contributed by atoms with Gasteiger partial charge >= 0.3 is 0 Å². The van der Waals surface area contributed by atoms with Gasteiger partial charge < -0.3 is 9.52 Å². The van der Waals surface area contributed by atoms with Crippen LogP contribution in [-0.2, 0) is 30.2 Å². The van der Waals surface area contributed by atoms with E-state index < -0.39 is 10.0 Å². The van der Waals surface area contributed by atoms with Crippen molar-refractivity contribution in [2.24, 2.45) is 7.05 Å². The van der Waals surface area contributed by atoms with Crippen molar-refractivity contribution < 1.29 is 17.9 Å². The second-order valence-corrected chi connectivity index (χ2v) is 7.06. The predicted octanol–water partition coefficient (Wildman–Crippen LogP) is 1.36. The molecule has 116 valence electrons. The maximum Gasteiger partial charge on any atom is 0.245 e.